The fourth-order valence-electron chi connectivity index (χ4n) is 2.61. The van der Waals surface area contributed by atoms with Crippen molar-refractivity contribution in [3.05, 3.63) is 23.9 Å². The van der Waals surface area contributed by atoms with Gasteiger partial charge in [-0.2, -0.15) is 0 Å². The van der Waals surface area contributed by atoms with Crippen LogP contribution in [-0.2, 0) is 6.54 Å². The molecule has 1 saturated heterocycles. The topological polar surface area (TPSA) is 77.5 Å². The van der Waals surface area contributed by atoms with Crippen LogP contribution in [-0.4, -0.2) is 42.4 Å². The number of hydrogen-bond donors (Lipinski definition) is 3. The van der Waals surface area contributed by atoms with Crippen molar-refractivity contribution in [2.75, 3.05) is 31.1 Å². The normalized spacial score (nSPS) is 14.8. The molecule has 0 aliphatic carbocycles. The number of aliphatic hydroxyl groups is 1. The van der Waals surface area contributed by atoms with Crippen LogP contribution in [0.5, 0.6) is 0 Å². The van der Waals surface area contributed by atoms with Crippen molar-refractivity contribution in [3.8, 4) is 0 Å². The molecule has 3 N–H and O–H groups in total. The number of hydrogen-bond acceptors (Lipinski definition) is 4. The summed E-state index contributed by atoms with van der Waals surface area (Å²) in [5, 5.41) is 14.7. The van der Waals surface area contributed by atoms with E-state index in [1.54, 1.807) is 0 Å². The number of aliphatic hydroxyl groups excluding tert-OH is 1. The maximum Gasteiger partial charge on any atom is 0.315 e. The highest BCUT2D eigenvalue weighted by atomic mass is 16.3. The number of carbonyl (C=O) groups excluding carboxylic acids is 1. The summed E-state index contributed by atoms with van der Waals surface area (Å²) in [4.78, 5) is 18.6. The van der Waals surface area contributed by atoms with Crippen LogP contribution in [0, 0.1) is 5.41 Å². The third kappa shape index (κ3) is 5.71. The van der Waals surface area contributed by atoms with Gasteiger partial charge in [0.25, 0.3) is 0 Å². The molecule has 0 atom stereocenters. The van der Waals surface area contributed by atoms with E-state index in [1.807, 2.05) is 32.2 Å². The van der Waals surface area contributed by atoms with Gasteiger partial charge in [0.05, 0.1) is 0 Å². The maximum atomic E-state index is 11.8. The Morgan fingerprint density at radius 1 is 1.30 bits per heavy atom. The lowest BCUT2D eigenvalue weighted by Crippen LogP contribution is -2.40. The molecule has 0 aromatic carbocycles. The predicted molar refractivity (Wildman–Crippen MR) is 91.4 cm³/mol. The molecule has 1 aliphatic heterocycles. The Kier molecular flexibility index (Phi) is 6.21. The molecule has 6 nitrogen and oxygen atoms in total. The number of carbonyl (C=O) groups is 1. The number of rotatable bonds is 7. The monoisotopic (exact) mass is 320 g/mol. The van der Waals surface area contributed by atoms with Gasteiger partial charge >= 0.3 is 6.03 Å². The molecule has 23 heavy (non-hydrogen) atoms. The molecule has 2 heterocycles. The van der Waals surface area contributed by atoms with E-state index in [9.17, 15) is 4.79 Å². The van der Waals surface area contributed by atoms with E-state index in [-0.39, 0.29) is 18.1 Å². The zero-order valence-corrected chi connectivity index (χ0v) is 14.1. The molecule has 1 aliphatic rings. The van der Waals surface area contributed by atoms with Gasteiger partial charge in [-0.3, -0.25) is 0 Å². The summed E-state index contributed by atoms with van der Waals surface area (Å²) in [5.74, 6) is 1.02. The number of anilines is 1. The average molecular weight is 320 g/mol. The summed E-state index contributed by atoms with van der Waals surface area (Å²) >= 11 is 0. The smallest absolute Gasteiger partial charge is 0.315 e. The molecule has 1 aromatic heterocycles. The van der Waals surface area contributed by atoms with E-state index in [0.717, 1.165) is 24.5 Å². The van der Waals surface area contributed by atoms with Gasteiger partial charge in [0.2, 0.25) is 0 Å². The molecular weight excluding hydrogens is 292 g/mol. The molecule has 2 rings (SSSR count). The lowest BCUT2D eigenvalue weighted by Gasteiger charge is -2.23. The van der Waals surface area contributed by atoms with Gasteiger partial charge in [-0.25, -0.2) is 9.78 Å². The average Bonchev–Trinajstić information content (AvgIpc) is 3.06. The van der Waals surface area contributed by atoms with Gasteiger partial charge in [-0.1, -0.05) is 19.9 Å². The fourth-order valence-corrected chi connectivity index (χ4v) is 2.61. The van der Waals surface area contributed by atoms with E-state index in [1.165, 1.54) is 12.8 Å². The molecule has 0 radical (unpaired) electrons. The lowest BCUT2D eigenvalue weighted by molar-refractivity contribution is 0.201. The number of nitrogens with one attached hydrogen (secondary N) is 2. The van der Waals surface area contributed by atoms with Gasteiger partial charge in [0.1, 0.15) is 5.82 Å². The van der Waals surface area contributed by atoms with Gasteiger partial charge in [-0.15, -0.1) is 0 Å². The van der Waals surface area contributed by atoms with Crippen LogP contribution in [0.2, 0.25) is 0 Å². The summed E-state index contributed by atoms with van der Waals surface area (Å²) in [6.45, 7) is 7.32. The van der Waals surface area contributed by atoms with E-state index in [4.69, 9.17) is 5.11 Å². The zero-order valence-electron chi connectivity index (χ0n) is 14.1. The molecule has 0 bridgehead atoms. The van der Waals surface area contributed by atoms with Crippen LogP contribution in [0.3, 0.4) is 0 Å². The molecule has 1 aromatic rings. The highest BCUT2D eigenvalue weighted by Gasteiger charge is 2.18. The first kappa shape index (κ1) is 17.5. The van der Waals surface area contributed by atoms with Crippen molar-refractivity contribution < 1.29 is 9.90 Å². The number of urea groups is 1. The molecule has 6 heteroatoms. The fraction of sp³-hybridized carbons (Fsp3) is 0.647. The summed E-state index contributed by atoms with van der Waals surface area (Å²) in [5.41, 5.74) is 0.878. The number of amides is 2. The predicted octanol–water partition coefficient (Wildman–Crippen LogP) is 1.89. The Bertz CT molecular complexity index is 496. The van der Waals surface area contributed by atoms with Crippen molar-refractivity contribution in [2.45, 2.75) is 39.7 Å². The minimum absolute atomic E-state index is 0.106. The van der Waals surface area contributed by atoms with Gasteiger partial charge in [-0.05, 0) is 36.3 Å². The van der Waals surface area contributed by atoms with Crippen LogP contribution in [0.15, 0.2) is 18.3 Å². The summed E-state index contributed by atoms with van der Waals surface area (Å²) < 4.78 is 0. The van der Waals surface area contributed by atoms with E-state index < -0.39 is 0 Å². The van der Waals surface area contributed by atoms with Crippen LogP contribution in [0.4, 0.5) is 10.6 Å². The van der Waals surface area contributed by atoms with Crippen LogP contribution in [0.1, 0.15) is 38.7 Å². The Labute approximate surface area is 138 Å². The largest absolute Gasteiger partial charge is 0.396 e. The van der Waals surface area contributed by atoms with Gasteiger partial charge in [0.15, 0.2) is 0 Å². The van der Waals surface area contributed by atoms with Crippen LogP contribution < -0.4 is 15.5 Å². The Balaban J connectivity index is 1.73. The van der Waals surface area contributed by atoms with Crippen molar-refractivity contribution in [2.24, 2.45) is 5.41 Å². The first-order valence-electron chi connectivity index (χ1n) is 8.33. The van der Waals surface area contributed by atoms with Crippen molar-refractivity contribution in [1.29, 1.82) is 0 Å². The molecule has 1 fully saturated rings. The third-order valence-electron chi connectivity index (χ3n) is 4.21. The molecule has 0 saturated carbocycles. The zero-order chi connectivity index (χ0) is 16.7. The standard InChI is InChI=1S/C17H28N4O2/c1-17(2,7-10-22)13-20-16(23)19-12-14-5-6-15(18-11-14)21-8-3-4-9-21/h5-6,11,22H,3-4,7-10,12-13H2,1-2H3,(H2,19,20,23). The summed E-state index contributed by atoms with van der Waals surface area (Å²) in [7, 11) is 0. The maximum absolute atomic E-state index is 11.8. The molecule has 128 valence electrons. The molecule has 0 spiro atoms. The lowest BCUT2D eigenvalue weighted by atomic mass is 9.90. The van der Waals surface area contributed by atoms with Gasteiger partial charge < -0.3 is 20.6 Å². The van der Waals surface area contributed by atoms with Crippen molar-refractivity contribution in [3.63, 3.8) is 0 Å². The number of pyridine rings is 1. The molecular formula is C17H28N4O2. The minimum atomic E-state index is -0.195. The number of aromatic nitrogens is 1. The summed E-state index contributed by atoms with van der Waals surface area (Å²) in [6, 6.07) is 3.83. The first-order valence-corrected chi connectivity index (χ1v) is 8.33. The number of nitrogens with zero attached hydrogens (tertiary/aromatic N) is 2. The highest BCUT2D eigenvalue weighted by Crippen LogP contribution is 2.18. The van der Waals surface area contributed by atoms with Gasteiger partial charge in [0, 0.05) is 39.0 Å². The highest BCUT2D eigenvalue weighted by molar-refractivity contribution is 5.73. The summed E-state index contributed by atoms with van der Waals surface area (Å²) in [6.07, 6.45) is 4.95. The van der Waals surface area contributed by atoms with E-state index in [0.29, 0.717) is 19.5 Å². The Morgan fingerprint density at radius 2 is 2.04 bits per heavy atom. The molecule has 2 amide bonds. The van der Waals surface area contributed by atoms with E-state index >= 15 is 0 Å². The second-order valence-corrected chi connectivity index (χ2v) is 6.89. The Hall–Kier alpha value is -1.82. The molecule has 0 unspecified atom stereocenters. The minimum Gasteiger partial charge on any atom is -0.396 e. The Morgan fingerprint density at radius 3 is 2.65 bits per heavy atom. The van der Waals surface area contributed by atoms with Crippen molar-refractivity contribution in [1.82, 2.24) is 15.6 Å². The quantitative estimate of drug-likeness (QED) is 0.717. The first-order chi connectivity index (χ1) is 11.0. The van der Waals surface area contributed by atoms with Crippen LogP contribution in [0.25, 0.3) is 0 Å². The third-order valence-corrected chi connectivity index (χ3v) is 4.21. The second-order valence-electron chi connectivity index (χ2n) is 6.89. The second kappa shape index (κ2) is 8.15. The SMILES string of the molecule is CC(C)(CCO)CNC(=O)NCc1ccc(N2CCCC2)nc1. The van der Waals surface area contributed by atoms with Crippen LogP contribution >= 0.6 is 0 Å². The van der Waals surface area contributed by atoms with Crippen molar-refractivity contribution >= 4 is 11.8 Å². The van der Waals surface area contributed by atoms with E-state index in [2.05, 4.69) is 20.5 Å².